The van der Waals surface area contributed by atoms with Gasteiger partial charge in [0.05, 0.1) is 21.5 Å². The highest BCUT2D eigenvalue weighted by molar-refractivity contribution is 6.39. The molecule has 1 rings (SSSR count). The maximum absolute atomic E-state index is 11.9. The van der Waals surface area contributed by atoms with Crippen molar-refractivity contribution in [2.24, 2.45) is 5.92 Å². The molecule has 4 nitrogen and oxygen atoms in total. The van der Waals surface area contributed by atoms with Gasteiger partial charge < -0.3 is 10.4 Å². The molecule has 1 atom stereocenters. The second-order valence-corrected chi connectivity index (χ2v) is 4.94. The lowest BCUT2D eigenvalue weighted by Crippen LogP contribution is -2.33. The molecule has 0 spiro atoms. The van der Waals surface area contributed by atoms with Gasteiger partial charge in [-0.25, -0.2) is 0 Å². The van der Waals surface area contributed by atoms with E-state index in [2.05, 4.69) is 5.32 Å². The Kier molecular flexibility index (Phi) is 6.12. The standard InChI is InChI=1S/C13H15Cl2NO3/c1-2-4-8(13(18)19)7-16-12(17)11-9(14)5-3-6-10(11)15/h3,5-6,8H,2,4,7H2,1H3,(H,16,17)(H,18,19). The smallest absolute Gasteiger partial charge is 0.308 e. The van der Waals surface area contributed by atoms with Crippen molar-refractivity contribution in [3.05, 3.63) is 33.8 Å². The summed E-state index contributed by atoms with van der Waals surface area (Å²) in [5, 5.41) is 12.0. The average Bonchev–Trinajstić information content (AvgIpc) is 2.33. The van der Waals surface area contributed by atoms with Crippen LogP contribution in [-0.2, 0) is 4.79 Å². The summed E-state index contributed by atoms with van der Waals surface area (Å²) in [5.74, 6) is -1.99. The van der Waals surface area contributed by atoms with Gasteiger partial charge in [-0.2, -0.15) is 0 Å². The molecule has 1 aromatic carbocycles. The summed E-state index contributed by atoms with van der Waals surface area (Å²) in [6, 6.07) is 4.75. The predicted octanol–water partition coefficient (Wildman–Crippen LogP) is 3.22. The third kappa shape index (κ3) is 4.40. The number of amides is 1. The summed E-state index contributed by atoms with van der Waals surface area (Å²) in [5.41, 5.74) is 0.173. The Balaban J connectivity index is 2.72. The highest BCUT2D eigenvalue weighted by atomic mass is 35.5. The molecule has 0 radical (unpaired) electrons. The number of carbonyl (C=O) groups excluding carboxylic acids is 1. The second-order valence-electron chi connectivity index (χ2n) is 4.13. The summed E-state index contributed by atoms with van der Waals surface area (Å²) in [4.78, 5) is 22.9. The molecule has 0 aliphatic carbocycles. The summed E-state index contributed by atoms with van der Waals surface area (Å²) in [7, 11) is 0. The second kappa shape index (κ2) is 7.36. The molecule has 19 heavy (non-hydrogen) atoms. The Morgan fingerprint density at radius 3 is 2.37 bits per heavy atom. The van der Waals surface area contributed by atoms with E-state index in [1.54, 1.807) is 18.2 Å². The maximum atomic E-state index is 11.9. The van der Waals surface area contributed by atoms with Crippen LogP contribution in [0.25, 0.3) is 0 Å². The molecule has 0 aliphatic heterocycles. The number of rotatable bonds is 6. The molecule has 0 fully saturated rings. The normalized spacial score (nSPS) is 11.9. The first-order valence-corrected chi connectivity index (χ1v) is 6.68. The van der Waals surface area contributed by atoms with Crippen molar-refractivity contribution in [3.63, 3.8) is 0 Å². The van der Waals surface area contributed by atoms with E-state index in [4.69, 9.17) is 28.3 Å². The van der Waals surface area contributed by atoms with Gasteiger partial charge in [0.25, 0.3) is 5.91 Å². The molecule has 0 saturated carbocycles. The van der Waals surface area contributed by atoms with Crippen LogP contribution in [0.15, 0.2) is 18.2 Å². The van der Waals surface area contributed by atoms with E-state index in [9.17, 15) is 9.59 Å². The van der Waals surface area contributed by atoms with Crippen LogP contribution < -0.4 is 5.32 Å². The molecule has 0 saturated heterocycles. The number of nitrogens with one attached hydrogen (secondary N) is 1. The quantitative estimate of drug-likeness (QED) is 0.848. The summed E-state index contributed by atoms with van der Waals surface area (Å²) in [6.45, 7) is 1.95. The highest BCUT2D eigenvalue weighted by Crippen LogP contribution is 2.24. The van der Waals surface area contributed by atoms with Gasteiger partial charge in [0.2, 0.25) is 0 Å². The zero-order chi connectivity index (χ0) is 14.4. The average molecular weight is 304 g/mol. The number of hydrogen-bond acceptors (Lipinski definition) is 2. The Morgan fingerprint density at radius 1 is 1.32 bits per heavy atom. The van der Waals surface area contributed by atoms with Crippen LogP contribution in [0.1, 0.15) is 30.1 Å². The minimum Gasteiger partial charge on any atom is -0.481 e. The molecule has 0 bridgehead atoms. The first-order valence-electron chi connectivity index (χ1n) is 5.92. The molecule has 6 heteroatoms. The lowest BCUT2D eigenvalue weighted by Gasteiger charge is -2.13. The largest absolute Gasteiger partial charge is 0.481 e. The van der Waals surface area contributed by atoms with E-state index in [-0.39, 0.29) is 22.2 Å². The molecule has 104 valence electrons. The number of carbonyl (C=O) groups is 2. The van der Waals surface area contributed by atoms with Crippen molar-refractivity contribution < 1.29 is 14.7 Å². The Bertz CT molecular complexity index is 457. The van der Waals surface area contributed by atoms with Crippen LogP contribution in [0, 0.1) is 5.92 Å². The molecule has 1 amide bonds. The molecular formula is C13H15Cl2NO3. The van der Waals surface area contributed by atoms with Crippen LogP contribution >= 0.6 is 23.2 Å². The summed E-state index contributed by atoms with van der Waals surface area (Å²) in [6.07, 6.45) is 1.24. The summed E-state index contributed by atoms with van der Waals surface area (Å²) >= 11 is 11.8. The van der Waals surface area contributed by atoms with Crippen LogP contribution in [0.3, 0.4) is 0 Å². The van der Waals surface area contributed by atoms with Gasteiger partial charge in [0.1, 0.15) is 0 Å². The fourth-order valence-corrected chi connectivity index (χ4v) is 2.25. The number of carboxylic acid groups (broad SMARTS) is 1. The van der Waals surface area contributed by atoms with Gasteiger partial charge in [0.15, 0.2) is 0 Å². The Morgan fingerprint density at radius 2 is 1.89 bits per heavy atom. The first kappa shape index (κ1) is 15.8. The molecule has 0 aromatic heterocycles. The Labute approximate surface area is 121 Å². The number of benzene rings is 1. The van der Waals surface area contributed by atoms with Gasteiger partial charge in [0, 0.05) is 6.54 Å². The molecular weight excluding hydrogens is 289 g/mol. The molecule has 1 unspecified atom stereocenters. The fourth-order valence-electron chi connectivity index (χ4n) is 1.68. The minimum absolute atomic E-state index is 0.0591. The number of aliphatic carboxylic acids is 1. The fraction of sp³-hybridized carbons (Fsp3) is 0.385. The third-order valence-corrected chi connectivity index (χ3v) is 3.32. The number of halogens is 2. The monoisotopic (exact) mass is 303 g/mol. The maximum Gasteiger partial charge on any atom is 0.308 e. The van der Waals surface area contributed by atoms with Crippen molar-refractivity contribution in [1.29, 1.82) is 0 Å². The molecule has 1 aromatic rings. The lowest BCUT2D eigenvalue weighted by molar-refractivity contribution is -0.141. The molecule has 0 heterocycles. The van der Waals surface area contributed by atoms with Crippen molar-refractivity contribution in [2.75, 3.05) is 6.54 Å². The van der Waals surface area contributed by atoms with Gasteiger partial charge in [-0.3, -0.25) is 9.59 Å². The van der Waals surface area contributed by atoms with Crippen LogP contribution in [0.5, 0.6) is 0 Å². The van der Waals surface area contributed by atoms with Crippen molar-refractivity contribution in [2.45, 2.75) is 19.8 Å². The molecule has 0 aliphatic rings. The zero-order valence-electron chi connectivity index (χ0n) is 10.5. The summed E-state index contributed by atoms with van der Waals surface area (Å²) < 4.78 is 0. The Hall–Kier alpha value is -1.26. The van der Waals surface area contributed by atoms with Gasteiger partial charge in [-0.05, 0) is 18.6 Å². The number of carboxylic acids is 1. The predicted molar refractivity (Wildman–Crippen MR) is 74.8 cm³/mol. The van der Waals surface area contributed by atoms with E-state index in [0.29, 0.717) is 6.42 Å². The van der Waals surface area contributed by atoms with Crippen LogP contribution in [0.4, 0.5) is 0 Å². The SMILES string of the molecule is CCCC(CNC(=O)c1c(Cl)cccc1Cl)C(=O)O. The highest BCUT2D eigenvalue weighted by Gasteiger charge is 2.19. The zero-order valence-corrected chi connectivity index (χ0v) is 12.0. The first-order chi connectivity index (χ1) is 8.97. The molecule has 2 N–H and O–H groups in total. The topological polar surface area (TPSA) is 66.4 Å². The van der Waals surface area contributed by atoms with E-state index in [1.165, 1.54) is 0 Å². The lowest BCUT2D eigenvalue weighted by atomic mass is 10.0. The van der Waals surface area contributed by atoms with E-state index in [1.807, 2.05) is 6.92 Å². The third-order valence-electron chi connectivity index (χ3n) is 2.69. The van der Waals surface area contributed by atoms with Crippen LogP contribution in [-0.4, -0.2) is 23.5 Å². The van der Waals surface area contributed by atoms with Crippen molar-refractivity contribution in [3.8, 4) is 0 Å². The van der Waals surface area contributed by atoms with E-state index < -0.39 is 17.8 Å². The van der Waals surface area contributed by atoms with Gasteiger partial charge >= 0.3 is 5.97 Å². The van der Waals surface area contributed by atoms with E-state index in [0.717, 1.165) is 6.42 Å². The van der Waals surface area contributed by atoms with Crippen molar-refractivity contribution in [1.82, 2.24) is 5.32 Å². The van der Waals surface area contributed by atoms with E-state index >= 15 is 0 Å². The van der Waals surface area contributed by atoms with Gasteiger partial charge in [-0.1, -0.05) is 42.6 Å². The minimum atomic E-state index is -0.924. The number of hydrogen-bond donors (Lipinski definition) is 2. The van der Waals surface area contributed by atoms with Crippen LogP contribution in [0.2, 0.25) is 10.0 Å². The van der Waals surface area contributed by atoms with Gasteiger partial charge in [-0.15, -0.1) is 0 Å². The van der Waals surface area contributed by atoms with Crippen molar-refractivity contribution >= 4 is 35.1 Å².